The summed E-state index contributed by atoms with van der Waals surface area (Å²) in [6.07, 6.45) is 1.96. The van der Waals surface area contributed by atoms with Crippen LogP contribution in [0.2, 0.25) is 0 Å². The smallest absolute Gasteiger partial charge is 0.317 e. The Hall–Kier alpha value is -3.22. The molecule has 0 aliphatic carbocycles. The largest absolute Gasteiger partial charge is 0.454 e. The number of carbonyl (C=O) groups excluding carboxylic acids is 2. The highest BCUT2D eigenvalue weighted by Crippen LogP contribution is 2.32. The van der Waals surface area contributed by atoms with Gasteiger partial charge in [-0.3, -0.25) is 4.79 Å². The Kier molecular flexibility index (Phi) is 6.30. The van der Waals surface area contributed by atoms with Crippen LogP contribution in [-0.4, -0.2) is 42.8 Å². The van der Waals surface area contributed by atoms with Gasteiger partial charge in [-0.2, -0.15) is 0 Å². The van der Waals surface area contributed by atoms with Crippen LogP contribution in [0.5, 0.6) is 11.5 Å². The molecule has 2 aromatic carbocycles. The molecule has 0 bridgehead atoms. The van der Waals surface area contributed by atoms with Crippen LogP contribution in [0.25, 0.3) is 0 Å². The Balaban J connectivity index is 1.38. The number of nitrogens with zero attached hydrogens (tertiary/aromatic N) is 1. The Morgan fingerprint density at radius 1 is 1.13 bits per heavy atom. The van der Waals surface area contributed by atoms with Crippen molar-refractivity contribution >= 4 is 11.9 Å². The minimum Gasteiger partial charge on any atom is -0.454 e. The van der Waals surface area contributed by atoms with Crippen molar-refractivity contribution in [2.45, 2.75) is 45.2 Å². The van der Waals surface area contributed by atoms with E-state index >= 15 is 0 Å². The molecular formula is C24H29N3O4. The summed E-state index contributed by atoms with van der Waals surface area (Å²) in [4.78, 5) is 27.0. The highest BCUT2D eigenvalue weighted by atomic mass is 16.7. The average molecular weight is 424 g/mol. The molecule has 31 heavy (non-hydrogen) atoms. The summed E-state index contributed by atoms with van der Waals surface area (Å²) in [5, 5.41) is 5.94. The molecule has 0 aromatic heterocycles. The van der Waals surface area contributed by atoms with Crippen molar-refractivity contribution in [3.05, 3.63) is 59.2 Å². The topological polar surface area (TPSA) is 79.9 Å². The second-order valence-corrected chi connectivity index (χ2v) is 8.39. The van der Waals surface area contributed by atoms with Crippen LogP contribution in [0.1, 0.15) is 54.1 Å². The quantitative estimate of drug-likeness (QED) is 0.770. The molecule has 2 aliphatic heterocycles. The first kappa shape index (κ1) is 21.0. The molecule has 7 nitrogen and oxygen atoms in total. The van der Waals surface area contributed by atoms with Gasteiger partial charge in [0.1, 0.15) is 0 Å². The first-order chi connectivity index (χ1) is 15.0. The van der Waals surface area contributed by atoms with Gasteiger partial charge < -0.3 is 25.0 Å². The summed E-state index contributed by atoms with van der Waals surface area (Å²) < 4.78 is 10.7. The summed E-state index contributed by atoms with van der Waals surface area (Å²) in [5.41, 5.74) is 2.67. The fraction of sp³-hybridized carbons (Fsp3) is 0.417. The van der Waals surface area contributed by atoms with Crippen molar-refractivity contribution in [2.75, 3.05) is 19.9 Å². The molecule has 1 saturated heterocycles. The predicted octanol–water partition coefficient (Wildman–Crippen LogP) is 3.64. The van der Waals surface area contributed by atoms with Gasteiger partial charge >= 0.3 is 6.03 Å². The third kappa shape index (κ3) is 5.10. The van der Waals surface area contributed by atoms with Crippen molar-refractivity contribution < 1.29 is 19.1 Å². The number of nitrogens with one attached hydrogen (secondary N) is 2. The van der Waals surface area contributed by atoms with Gasteiger partial charge in [0, 0.05) is 37.2 Å². The number of hydrogen-bond acceptors (Lipinski definition) is 4. The van der Waals surface area contributed by atoms with E-state index in [2.05, 4.69) is 10.6 Å². The van der Waals surface area contributed by atoms with E-state index in [-0.39, 0.29) is 30.7 Å². The molecule has 4 rings (SSSR count). The molecule has 2 aliphatic rings. The zero-order valence-electron chi connectivity index (χ0n) is 18.0. The number of fused-ring (bicyclic) bond motifs is 1. The Bertz CT molecular complexity index is 960. The first-order valence-electron chi connectivity index (χ1n) is 10.8. The zero-order chi connectivity index (χ0) is 21.8. The average Bonchev–Trinajstić information content (AvgIpc) is 3.25. The van der Waals surface area contributed by atoms with E-state index in [1.54, 1.807) is 0 Å². The molecule has 3 amide bonds. The van der Waals surface area contributed by atoms with E-state index in [4.69, 9.17) is 9.47 Å². The maximum absolute atomic E-state index is 12.7. The molecule has 0 radical (unpaired) electrons. The maximum Gasteiger partial charge on any atom is 0.317 e. The summed E-state index contributed by atoms with van der Waals surface area (Å²) in [7, 11) is 0. The summed E-state index contributed by atoms with van der Waals surface area (Å²) in [6.45, 7) is 6.00. The SMILES string of the molecule is CC(C)NC(=O)N1CCCC(c2cccc(C(=O)NCc3ccc4c(c3)OCO4)c2)C1. The summed E-state index contributed by atoms with van der Waals surface area (Å²) >= 11 is 0. The van der Waals surface area contributed by atoms with Crippen molar-refractivity contribution in [1.29, 1.82) is 0 Å². The third-order valence-electron chi connectivity index (χ3n) is 5.63. The lowest BCUT2D eigenvalue weighted by Crippen LogP contribution is -2.47. The molecule has 164 valence electrons. The zero-order valence-corrected chi connectivity index (χ0v) is 18.0. The van der Waals surface area contributed by atoms with Crippen molar-refractivity contribution in [1.82, 2.24) is 15.5 Å². The van der Waals surface area contributed by atoms with Crippen LogP contribution in [-0.2, 0) is 6.54 Å². The molecule has 1 atom stereocenters. The second kappa shape index (κ2) is 9.29. The molecule has 2 N–H and O–H groups in total. The number of rotatable bonds is 5. The van der Waals surface area contributed by atoms with E-state index in [1.807, 2.05) is 61.2 Å². The summed E-state index contributed by atoms with van der Waals surface area (Å²) in [5.74, 6) is 1.54. The number of carbonyl (C=O) groups is 2. The van der Waals surface area contributed by atoms with Crippen molar-refractivity contribution in [3.63, 3.8) is 0 Å². The number of hydrogen-bond donors (Lipinski definition) is 2. The van der Waals surface area contributed by atoms with Crippen molar-refractivity contribution in [3.8, 4) is 11.5 Å². The van der Waals surface area contributed by atoms with Gasteiger partial charge in [0.2, 0.25) is 6.79 Å². The highest BCUT2D eigenvalue weighted by Gasteiger charge is 2.25. The van der Waals surface area contributed by atoms with Gasteiger partial charge in [-0.1, -0.05) is 18.2 Å². The van der Waals surface area contributed by atoms with Crippen LogP contribution in [0.15, 0.2) is 42.5 Å². The van der Waals surface area contributed by atoms with Crippen molar-refractivity contribution in [2.24, 2.45) is 0 Å². The van der Waals surface area contributed by atoms with Gasteiger partial charge in [0.15, 0.2) is 11.5 Å². The number of amides is 3. The number of piperidine rings is 1. The van der Waals surface area contributed by atoms with Gasteiger partial charge in [0.25, 0.3) is 5.91 Å². The lowest BCUT2D eigenvalue weighted by molar-refractivity contribution is 0.0950. The number of likely N-dealkylation sites (tertiary alicyclic amines) is 1. The molecule has 2 aromatic rings. The molecule has 1 unspecified atom stereocenters. The fourth-order valence-corrected chi connectivity index (χ4v) is 4.04. The minimum absolute atomic E-state index is 0.0164. The highest BCUT2D eigenvalue weighted by molar-refractivity contribution is 5.94. The van der Waals surface area contributed by atoms with Crippen LogP contribution in [0.4, 0.5) is 4.79 Å². The predicted molar refractivity (Wildman–Crippen MR) is 117 cm³/mol. The number of benzene rings is 2. The Morgan fingerprint density at radius 3 is 2.81 bits per heavy atom. The first-order valence-corrected chi connectivity index (χ1v) is 10.8. The van der Waals surface area contributed by atoms with Crippen LogP contribution in [0, 0.1) is 0 Å². The number of ether oxygens (including phenoxy) is 2. The van der Waals surface area contributed by atoms with Crippen LogP contribution >= 0.6 is 0 Å². The van der Waals surface area contributed by atoms with E-state index in [0.29, 0.717) is 24.4 Å². The number of urea groups is 1. The normalized spacial score (nSPS) is 17.5. The van der Waals surface area contributed by atoms with E-state index in [0.717, 1.165) is 36.3 Å². The summed E-state index contributed by atoms with van der Waals surface area (Å²) in [6, 6.07) is 13.5. The van der Waals surface area contributed by atoms with E-state index in [9.17, 15) is 9.59 Å². The lowest BCUT2D eigenvalue weighted by Gasteiger charge is -2.33. The maximum atomic E-state index is 12.7. The molecule has 7 heteroatoms. The minimum atomic E-state index is -0.121. The fourth-order valence-electron chi connectivity index (χ4n) is 4.04. The Morgan fingerprint density at radius 2 is 1.97 bits per heavy atom. The van der Waals surface area contributed by atoms with Gasteiger partial charge in [-0.15, -0.1) is 0 Å². The molecule has 0 spiro atoms. The van der Waals surface area contributed by atoms with Gasteiger partial charge in [-0.05, 0) is 62.1 Å². The molecule has 1 fully saturated rings. The van der Waals surface area contributed by atoms with Crippen LogP contribution in [0.3, 0.4) is 0 Å². The molecule has 0 saturated carbocycles. The monoisotopic (exact) mass is 423 g/mol. The van der Waals surface area contributed by atoms with E-state index in [1.165, 1.54) is 0 Å². The Labute approximate surface area is 182 Å². The third-order valence-corrected chi connectivity index (χ3v) is 5.63. The standard InChI is InChI=1S/C24H29N3O4/c1-16(2)26-24(29)27-10-4-7-20(14-27)18-5-3-6-19(12-18)23(28)25-13-17-8-9-21-22(11-17)31-15-30-21/h3,5-6,8-9,11-12,16,20H,4,7,10,13-15H2,1-2H3,(H,25,28)(H,26,29). The second-order valence-electron chi connectivity index (χ2n) is 8.39. The van der Waals surface area contributed by atoms with Gasteiger partial charge in [0.05, 0.1) is 0 Å². The van der Waals surface area contributed by atoms with Crippen LogP contribution < -0.4 is 20.1 Å². The molecular weight excluding hydrogens is 394 g/mol. The van der Waals surface area contributed by atoms with E-state index < -0.39 is 0 Å². The lowest BCUT2D eigenvalue weighted by atomic mass is 9.89. The van der Waals surface area contributed by atoms with Gasteiger partial charge in [-0.25, -0.2) is 4.79 Å². The molecule has 2 heterocycles.